The number of carbonyl (C=O) groups excluding carboxylic acids is 1. The second-order valence-corrected chi connectivity index (χ2v) is 7.22. The van der Waals surface area contributed by atoms with Crippen LogP contribution in [0.25, 0.3) is 0 Å². The van der Waals surface area contributed by atoms with Crippen LogP contribution in [0.1, 0.15) is 15.9 Å². The van der Waals surface area contributed by atoms with Gasteiger partial charge in [0.15, 0.2) is 5.82 Å². The molecule has 1 aliphatic heterocycles. The third-order valence-corrected chi connectivity index (χ3v) is 5.20. The number of hydrogen-bond acceptors (Lipinski definition) is 5. The summed E-state index contributed by atoms with van der Waals surface area (Å²) < 4.78 is 14.2. The molecular weight excluding hydrogens is 395 g/mol. The van der Waals surface area contributed by atoms with Crippen molar-refractivity contribution in [2.75, 3.05) is 36.4 Å². The molecule has 0 radical (unpaired) electrons. The van der Waals surface area contributed by atoms with Gasteiger partial charge < -0.3 is 15.1 Å². The molecule has 7 nitrogen and oxygen atoms in total. The number of amides is 1. The number of anilines is 3. The van der Waals surface area contributed by atoms with E-state index in [1.807, 2.05) is 25.1 Å². The van der Waals surface area contributed by atoms with Gasteiger partial charge in [0.05, 0.1) is 16.8 Å². The first-order valence-electron chi connectivity index (χ1n) is 9.25. The minimum Gasteiger partial charge on any atom is -0.353 e. The molecule has 1 aromatic carbocycles. The van der Waals surface area contributed by atoms with Crippen molar-refractivity contribution in [3.05, 3.63) is 64.6 Å². The van der Waals surface area contributed by atoms with E-state index in [0.29, 0.717) is 26.2 Å². The van der Waals surface area contributed by atoms with Crippen LogP contribution >= 0.6 is 11.6 Å². The summed E-state index contributed by atoms with van der Waals surface area (Å²) in [6.45, 7) is 4.14. The Morgan fingerprint density at radius 2 is 1.97 bits per heavy atom. The van der Waals surface area contributed by atoms with Gasteiger partial charge in [-0.15, -0.1) is 0 Å². The molecule has 0 aliphatic carbocycles. The maximum Gasteiger partial charge on any atom is 0.257 e. The van der Waals surface area contributed by atoms with Gasteiger partial charge in [-0.3, -0.25) is 9.89 Å². The van der Waals surface area contributed by atoms with Gasteiger partial charge in [-0.05, 0) is 30.7 Å². The standard InChI is InChI=1S/C20H20ClFN6O/c1-13-5-6-17(25-19(13)24-16-7-8-23-26-16)27-9-11-28(12-10-27)20(29)14-3-2-4-15(21)18(14)22/h2-8H,9-12H2,1H3,(H2,23,24,25,26). The van der Waals surface area contributed by atoms with E-state index < -0.39 is 5.82 Å². The van der Waals surface area contributed by atoms with Gasteiger partial charge in [0.25, 0.3) is 5.91 Å². The van der Waals surface area contributed by atoms with Crippen LogP contribution in [0.15, 0.2) is 42.6 Å². The fourth-order valence-electron chi connectivity index (χ4n) is 3.25. The number of aromatic amines is 1. The Morgan fingerprint density at radius 1 is 1.17 bits per heavy atom. The lowest BCUT2D eigenvalue weighted by atomic mass is 10.1. The third kappa shape index (κ3) is 4.02. The average Bonchev–Trinajstić information content (AvgIpc) is 3.24. The minimum atomic E-state index is -0.670. The molecule has 0 bridgehead atoms. The van der Waals surface area contributed by atoms with Crippen LogP contribution in [0.4, 0.5) is 21.8 Å². The molecule has 0 saturated carbocycles. The van der Waals surface area contributed by atoms with Crippen molar-refractivity contribution >= 4 is 35.0 Å². The first-order valence-corrected chi connectivity index (χ1v) is 9.63. The average molecular weight is 415 g/mol. The van der Waals surface area contributed by atoms with Crippen molar-refractivity contribution in [2.24, 2.45) is 0 Å². The van der Waals surface area contributed by atoms with E-state index in [-0.39, 0.29) is 16.5 Å². The monoisotopic (exact) mass is 414 g/mol. The molecular formula is C20H20ClFN6O. The second-order valence-electron chi connectivity index (χ2n) is 6.81. The lowest BCUT2D eigenvalue weighted by Gasteiger charge is -2.35. The maximum atomic E-state index is 14.2. The molecule has 1 amide bonds. The highest BCUT2D eigenvalue weighted by Gasteiger charge is 2.25. The quantitative estimate of drug-likeness (QED) is 0.682. The Kier molecular flexibility index (Phi) is 5.35. The number of nitrogens with one attached hydrogen (secondary N) is 2. The van der Waals surface area contributed by atoms with E-state index in [2.05, 4.69) is 20.4 Å². The van der Waals surface area contributed by atoms with Crippen molar-refractivity contribution in [3.63, 3.8) is 0 Å². The van der Waals surface area contributed by atoms with Crippen LogP contribution in [0, 0.1) is 12.7 Å². The summed E-state index contributed by atoms with van der Waals surface area (Å²) in [7, 11) is 0. The topological polar surface area (TPSA) is 77.2 Å². The van der Waals surface area contributed by atoms with Gasteiger partial charge >= 0.3 is 0 Å². The zero-order chi connectivity index (χ0) is 20.4. The molecule has 150 valence electrons. The molecule has 1 fully saturated rings. The Bertz CT molecular complexity index is 1020. The van der Waals surface area contributed by atoms with Crippen LogP contribution in [0.5, 0.6) is 0 Å². The zero-order valence-corrected chi connectivity index (χ0v) is 16.6. The Hall–Kier alpha value is -3.13. The number of carbonyl (C=O) groups is 1. The van der Waals surface area contributed by atoms with Crippen molar-refractivity contribution < 1.29 is 9.18 Å². The maximum absolute atomic E-state index is 14.2. The van der Waals surface area contributed by atoms with Crippen molar-refractivity contribution in [3.8, 4) is 0 Å². The molecule has 0 spiro atoms. The van der Waals surface area contributed by atoms with Crippen molar-refractivity contribution in [1.29, 1.82) is 0 Å². The molecule has 2 N–H and O–H groups in total. The molecule has 3 heterocycles. The Balaban J connectivity index is 1.44. The highest BCUT2D eigenvalue weighted by molar-refractivity contribution is 6.31. The molecule has 2 aromatic heterocycles. The predicted octanol–water partition coefficient (Wildman–Crippen LogP) is 3.61. The predicted molar refractivity (Wildman–Crippen MR) is 110 cm³/mol. The van der Waals surface area contributed by atoms with Crippen LogP contribution in [0.2, 0.25) is 5.02 Å². The summed E-state index contributed by atoms with van der Waals surface area (Å²) in [5.41, 5.74) is 1.01. The van der Waals surface area contributed by atoms with Gasteiger partial charge in [0, 0.05) is 32.2 Å². The number of hydrogen-bond donors (Lipinski definition) is 2. The second kappa shape index (κ2) is 8.08. The van der Waals surface area contributed by atoms with E-state index in [1.54, 1.807) is 17.2 Å². The van der Waals surface area contributed by atoms with Crippen LogP contribution in [-0.2, 0) is 0 Å². The largest absolute Gasteiger partial charge is 0.353 e. The van der Waals surface area contributed by atoms with E-state index >= 15 is 0 Å². The van der Waals surface area contributed by atoms with Gasteiger partial charge in [0.1, 0.15) is 17.5 Å². The summed E-state index contributed by atoms with van der Waals surface area (Å²) in [6.07, 6.45) is 1.67. The first kappa shape index (κ1) is 19.2. The highest BCUT2D eigenvalue weighted by Crippen LogP contribution is 2.24. The number of rotatable bonds is 4. The molecule has 4 rings (SSSR count). The van der Waals surface area contributed by atoms with Gasteiger partial charge in [-0.1, -0.05) is 23.7 Å². The number of pyridine rings is 1. The van der Waals surface area contributed by atoms with Crippen molar-refractivity contribution in [2.45, 2.75) is 6.92 Å². The summed E-state index contributed by atoms with van der Waals surface area (Å²) in [6, 6.07) is 10.3. The van der Waals surface area contributed by atoms with Gasteiger partial charge in [0.2, 0.25) is 0 Å². The zero-order valence-electron chi connectivity index (χ0n) is 15.8. The number of aryl methyl sites for hydroxylation is 1. The first-order chi connectivity index (χ1) is 14.0. The Labute approximate surface area is 172 Å². The number of piperazine rings is 1. The summed E-state index contributed by atoms with van der Waals surface area (Å²) >= 11 is 5.80. The number of H-pyrrole nitrogens is 1. The number of halogens is 2. The molecule has 29 heavy (non-hydrogen) atoms. The summed E-state index contributed by atoms with van der Waals surface area (Å²) in [5, 5.41) is 9.95. The van der Waals surface area contributed by atoms with Crippen LogP contribution < -0.4 is 10.2 Å². The van der Waals surface area contributed by atoms with Crippen LogP contribution in [0.3, 0.4) is 0 Å². The highest BCUT2D eigenvalue weighted by atomic mass is 35.5. The van der Waals surface area contributed by atoms with E-state index in [1.165, 1.54) is 12.1 Å². The normalized spacial score (nSPS) is 14.2. The molecule has 0 atom stereocenters. The third-order valence-electron chi connectivity index (χ3n) is 4.91. The number of aromatic nitrogens is 3. The summed E-state index contributed by atoms with van der Waals surface area (Å²) in [4.78, 5) is 21.1. The van der Waals surface area contributed by atoms with Crippen LogP contribution in [-0.4, -0.2) is 52.2 Å². The van der Waals surface area contributed by atoms with E-state index in [9.17, 15) is 9.18 Å². The Morgan fingerprint density at radius 3 is 2.69 bits per heavy atom. The number of benzene rings is 1. The fourth-order valence-corrected chi connectivity index (χ4v) is 3.43. The minimum absolute atomic E-state index is 0.00505. The molecule has 1 saturated heterocycles. The van der Waals surface area contributed by atoms with E-state index in [0.717, 1.165) is 23.0 Å². The summed E-state index contributed by atoms with van der Waals surface area (Å²) in [5.74, 6) is 1.31. The lowest BCUT2D eigenvalue weighted by molar-refractivity contribution is 0.0742. The smallest absolute Gasteiger partial charge is 0.257 e. The SMILES string of the molecule is Cc1ccc(N2CCN(C(=O)c3cccc(Cl)c3F)CC2)nc1Nc1ccn[nH]1. The lowest BCUT2D eigenvalue weighted by Crippen LogP contribution is -2.49. The van der Waals surface area contributed by atoms with Crippen molar-refractivity contribution in [1.82, 2.24) is 20.1 Å². The van der Waals surface area contributed by atoms with E-state index in [4.69, 9.17) is 16.6 Å². The van der Waals surface area contributed by atoms with Gasteiger partial charge in [-0.25, -0.2) is 9.37 Å². The molecule has 9 heteroatoms. The molecule has 1 aliphatic rings. The number of nitrogens with zero attached hydrogens (tertiary/aromatic N) is 4. The molecule has 0 unspecified atom stereocenters. The van der Waals surface area contributed by atoms with Gasteiger partial charge in [-0.2, -0.15) is 5.10 Å². The molecule has 3 aromatic rings. The fraction of sp³-hybridized carbons (Fsp3) is 0.250.